The van der Waals surface area contributed by atoms with E-state index in [4.69, 9.17) is 4.74 Å². The molecule has 4 nitrogen and oxygen atoms in total. The highest BCUT2D eigenvalue weighted by Crippen LogP contribution is 1.97. The summed E-state index contributed by atoms with van der Waals surface area (Å²) in [5.41, 5.74) is 1.21. The van der Waals surface area contributed by atoms with Gasteiger partial charge in [-0.1, -0.05) is 6.07 Å². The first-order chi connectivity index (χ1) is 7.45. The van der Waals surface area contributed by atoms with Crippen molar-refractivity contribution in [2.24, 2.45) is 0 Å². The van der Waals surface area contributed by atoms with E-state index in [-0.39, 0.29) is 0 Å². The van der Waals surface area contributed by atoms with Gasteiger partial charge in [0, 0.05) is 38.1 Å². The van der Waals surface area contributed by atoms with Gasteiger partial charge in [0.2, 0.25) is 0 Å². The Balaban J connectivity index is 1.77. The molecule has 1 aliphatic rings. The van der Waals surface area contributed by atoms with Crippen LogP contribution in [0, 0.1) is 0 Å². The van der Waals surface area contributed by atoms with Crippen LogP contribution in [0.5, 0.6) is 0 Å². The first-order valence-electron chi connectivity index (χ1n) is 5.36. The minimum Gasteiger partial charge on any atom is -0.378 e. The first-order valence-corrected chi connectivity index (χ1v) is 5.36. The summed E-state index contributed by atoms with van der Waals surface area (Å²) in [7, 11) is 0. The number of pyridine rings is 1. The Labute approximate surface area is 90.0 Å². The highest BCUT2D eigenvalue weighted by molar-refractivity contribution is 5.08. The van der Waals surface area contributed by atoms with Gasteiger partial charge in [-0.25, -0.2) is 0 Å². The molecule has 0 radical (unpaired) electrons. The van der Waals surface area contributed by atoms with E-state index in [0.717, 1.165) is 32.8 Å². The maximum absolute atomic E-state index is 5.45. The Morgan fingerprint density at radius 3 is 3.47 bits per heavy atom. The smallest absolute Gasteiger partial charge is 0.0632 e. The minimum atomic E-state index is 0.396. The highest BCUT2D eigenvalue weighted by Gasteiger charge is 2.10. The second kappa shape index (κ2) is 5.80. The molecule has 0 bridgehead atoms. The summed E-state index contributed by atoms with van der Waals surface area (Å²) >= 11 is 0. The van der Waals surface area contributed by atoms with E-state index >= 15 is 0 Å². The minimum absolute atomic E-state index is 0.396. The summed E-state index contributed by atoms with van der Waals surface area (Å²) in [6.07, 6.45) is 3.68. The number of ether oxygens (including phenoxy) is 1. The van der Waals surface area contributed by atoms with Gasteiger partial charge < -0.3 is 15.4 Å². The Morgan fingerprint density at radius 1 is 1.60 bits per heavy atom. The third kappa shape index (κ3) is 3.58. The van der Waals surface area contributed by atoms with E-state index in [1.165, 1.54) is 5.56 Å². The van der Waals surface area contributed by atoms with Crippen molar-refractivity contribution >= 4 is 0 Å². The van der Waals surface area contributed by atoms with Crippen molar-refractivity contribution in [2.75, 3.05) is 26.3 Å². The van der Waals surface area contributed by atoms with Gasteiger partial charge in [-0.3, -0.25) is 4.98 Å². The molecule has 1 fully saturated rings. The summed E-state index contributed by atoms with van der Waals surface area (Å²) in [5, 5.41) is 6.78. The predicted molar refractivity (Wildman–Crippen MR) is 58.6 cm³/mol. The molecule has 0 amide bonds. The Bertz CT molecular complexity index is 270. The standard InChI is InChI=1S/C11H17N3O/c1-2-10(6-12-3-1)7-14-11-8-13-4-5-15-9-11/h1-3,6,11,13-14H,4-5,7-9H2. The van der Waals surface area contributed by atoms with Gasteiger partial charge in [-0.15, -0.1) is 0 Å². The number of rotatable bonds is 3. The van der Waals surface area contributed by atoms with Crippen LogP contribution in [0.1, 0.15) is 5.56 Å². The van der Waals surface area contributed by atoms with Crippen molar-refractivity contribution in [2.45, 2.75) is 12.6 Å². The molecule has 1 aromatic heterocycles. The van der Waals surface area contributed by atoms with Crippen molar-refractivity contribution in [3.8, 4) is 0 Å². The number of nitrogens with zero attached hydrogens (tertiary/aromatic N) is 1. The van der Waals surface area contributed by atoms with Crippen molar-refractivity contribution in [3.63, 3.8) is 0 Å². The van der Waals surface area contributed by atoms with Gasteiger partial charge in [0.05, 0.1) is 13.2 Å². The van der Waals surface area contributed by atoms with E-state index in [9.17, 15) is 0 Å². The zero-order chi connectivity index (χ0) is 10.3. The lowest BCUT2D eigenvalue weighted by atomic mass is 10.2. The van der Waals surface area contributed by atoms with Gasteiger partial charge >= 0.3 is 0 Å². The monoisotopic (exact) mass is 207 g/mol. The first kappa shape index (κ1) is 10.5. The Morgan fingerprint density at radius 2 is 2.60 bits per heavy atom. The zero-order valence-electron chi connectivity index (χ0n) is 8.78. The fourth-order valence-corrected chi connectivity index (χ4v) is 1.60. The van der Waals surface area contributed by atoms with Gasteiger partial charge in [-0.05, 0) is 11.6 Å². The lowest BCUT2D eigenvalue weighted by molar-refractivity contribution is 0.133. The van der Waals surface area contributed by atoms with Crippen molar-refractivity contribution < 1.29 is 4.74 Å². The molecule has 2 heterocycles. The van der Waals surface area contributed by atoms with Crippen LogP contribution < -0.4 is 10.6 Å². The van der Waals surface area contributed by atoms with Crippen molar-refractivity contribution in [1.82, 2.24) is 15.6 Å². The largest absolute Gasteiger partial charge is 0.378 e. The molecular formula is C11H17N3O. The van der Waals surface area contributed by atoms with E-state index < -0.39 is 0 Å². The fourth-order valence-electron chi connectivity index (χ4n) is 1.60. The summed E-state index contributed by atoms with van der Waals surface area (Å²) in [4.78, 5) is 4.08. The molecule has 0 saturated carbocycles. The van der Waals surface area contributed by atoms with Crippen LogP contribution in [0.2, 0.25) is 0 Å². The lowest BCUT2D eigenvalue weighted by Crippen LogP contribution is -2.39. The highest BCUT2D eigenvalue weighted by atomic mass is 16.5. The van der Waals surface area contributed by atoms with Crippen molar-refractivity contribution in [1.29, 1.82) is 0 Å². The summed E-state index contributed by atoms with van der Waals surface area (Å²) in [6, 6.07) is 4.43. The predicted octanol–water partition coefficient (Wildman–Crippen LogP) is 0.160. The van der Waals surface area contributed by atoms with Gasteiger partial charge in [0.25, 0.3) is 0 Å². The van der Waals surface area contributed by atoms with Crippen LogP contribution in [0.3, 0.4) is 0 Å². The van der Waals surface area contributed by atoms with Crippen LogP contribution >= 0.6 is 0 Å². The molecule has 1 aromatic rings. The fraction of sp³-hybridized carbons (Fsp3) is 0.545. The van der Waals surface area contributed by atoms with E-state index in [0.29, 0.717) is 6.04 Å². The molecule has 15 heavy (non-hydrogen) atoms. The molecule has 0 aromatic carbocycles. The SMILES string of the molecule is c1cncc(CNC2CNCCOC2)c1. The van der Waals surface area contributed by atoms with Crippen LogP contribution in [-0.2, 0) is 11.3 Å². The maximum Gasteiger partial charge on any atom is 0.0632 e. The zero-order valence-corrected chi connectivity index (χ0v) is 8.78. The van der Waals surface area contributed by atoms with Gasteiger partial charge in [-0.2, -0.15) is 0 Å². The van der Waals surface area contributed by atoms with Crippen LogP contribution in [-0.4, -0.2) is 37.3 Å². The van der Waals surface area contributed by atoms with Crippen LogP contribution in [0.4, 0.5) is 0 Å². The molecule has 2 N–H and O–H groups in total. The van der Waals surface area contributed by atoms with Crippen LogP contribution in [0.15, 0.2) is 24.5 Å². The summed E-state index contributed by atoms with van der Waals surface area (Å²) in [5.74, 6) is 0. The average molecular weight is 207 g/mol. The Kier molecular flexibility index (Phi) is 4.08. The molecule has 0 aliphatic carbocycles. The third-order valence-corrected chi connectivity index (χ3v) is 2.45. The number of hydrogen-bond acceptors (Lipinski definition) is 4. The topological polar surface area (TPSA) is 46.2 Å². The average Bonchev–Trinajstić information content (AvgIpc) is 2.56. The lowest BCUT2D eigenvalue weighted by Gasteiger charge is -2.15. The van der Waals surface area contributed by atoms with E-state index in [1.807, 2.05) is 12.3 Å². The Hall–Kier alpha value is -0.970. The number of aromatic nitrogens is 1. The van der Waals surface area contributed by atoms with E-state index in [2.05, 4.69) is 21.7 Å². The van der Waals surface area contributed by atoms with Crippen LogP contribution in [0.25, 0.3) is 0 Å². The molecule has 1 unspecified atom stereocenters. The molecule has 1 saturated heterocycles. The molecule has 1 aliphatic heterocycles. The summed E-state index contributed by atoms with van der Waals surface area (Å²) < 4.78 is 5.45. The molecule has 4 heteroatoms. The second-order valence-corrected chi connectivity index (χ2v) is 3.72. The van der Waals surface area contributed by atoms with Gasteiger partial charge in [0.15, 0.2) is 0 Å². The quantitative estimate of drug-likeness (QED) is 0.741. The molecule has 2 rings (SSSR count). The number of nitrogens with one attached hydrogen (secondary N) is 2. The second-order valence-electron chi connectivity index (χ2n) is 3.72. The molecular weight excluding hydrogens is 190 g/mol. The van der Waals surface area contributed by atoms with E-state index in [1.54, 1.807) is 6.20 Å². The molecule has 1 atom stereocenters. The summed E-state index contributed by atoms with van der Waals surface area (Å²) in [6.45, 7) is 4.37. The third-order valence-electron chi connectivity index (χ3n) is 2.45. The van der Waals surface area contributed by atoms with Crippen molar-refractivity contribution in [3.05, 3.63) is 30.1 Å². The maximum atomic E-state index is 5.45. The number of hydrogen-bond donors (Lipinski definition) is 2. The molecule has 0 spiro atoms. The normalized spacial score (nSPS) is 22.3. The van der Waals surface area contributed by atoms with Gasteiger partial charge in [0.1, 0.15) is 0 Å². The molecule has 82 valence electrons.